The van der Waals surface area contributed by atoms with E-state index < -0.39 is 0 Å². The van der Waals surface area contributed by atoms with Crippen molar-refractivity contribution in [3.63, 3.8) is 0 Å². The Hall–Kier alpha value is -0.570. The Bertz CT molecular complexity index is 232. The van der Waals surface area contributed by atoms with Crippen LogP contribution in [0.1, 0.15) is 47.5 Å². The number of esters is 1. The van der Waals surface area contributed by atoms with Crippen molar-refractivity contribution in [1.82, 2.24) is 4.90 Å². The van der Waals surface area contributed by atoms with Crippen molar-refractivity contribution in [2.24, 2.45) is 0 Å². The molecule has 1 heterocycles. The Kier molecular flexibility index (Phi) is 3.77. The highest BCUT2D eigenvalue weighted by molar-refractivity contribution is 5.75. The first-order valence-electron chi connectivity index (χ1n) is 5.80. The molecule has 0 aromatic rings. The van der Waals surface area contributed by atoms with Crippen LogP contribution >= 0.6 is 0 Å². The van der Waals surface area contributed by atoms with Gasteiger partial charge in [-0.05, 0) is 54.0 Å². The maximum atomic E-state index is 11.8. The largest absolute Gasteiger partial charge is 0.459 e. The van der Waals surface area contributed by atoms with Crippen LogP contribution in [0, 0.1) is 0 Å². The highest BCUT2D eigenvalue weighted by Crippen LogP contribution is 2.21. The standard InChI is InChI=1S/C12H23NO2/c1-9-7-6-8-13(9)10(2)11(14)15-12(3,4)5/h9-10H,6-8H2,1-5H3. The van der Waals surface area contributed by atoms with Crippen LogP contribution < -0.4 is 0 Å². The summed E-state index contributed by atoms with van der Waals surface area (Å²) in [7, 11) is 0. The molecule has 0 saturated carbocycles. The lowest BCUT2D eigenvalue weighted by Crippen LogP contribution is -2.44. The highest BCUT2D eigenvalue weighted by atomic mass is 16.6. The molecule has 0 amide bonds. The zero-order chi connectivity index (χ0) is 11.6. The van der Waals surface area contributed by atoms with Crippen molar-refractivity contribution >= 4 is 5.97 Å². The van der Waals surface area contributed by atoms with Gasteiger partial charge in [0.05, 0.1) is 0 Å². The molecule has 1 aliphatic rings. The van der Waals surface area contributed by atoms with E-state index in [-0.39, 0.29) is 17.6 Å². The topological polar surface area (TPSA) is 29.5 Å². The average molecular weight is 213 g/mol. The molecular formula is C12H23NO2. The molecule has 88 valence electrons. The maximum absolute atomic E-state index is 11.8. The van der Waals surface area contributed by atoms with Gasteiger partial charge in [-0.15, -0.1) is 0 Å². The fraction of sp³-hybridized carbons (Fsp3) is 0.917. The molecule has 1 aliphatic heterocycles. The predicted octanol–water partition coefficient (Wildman–Crippen LogP) is 2.20. The predicted molar refractivity (Wildman–Crippen MR) is 60.7 cm³/mol. The van der Waals surface area contributed by atoms with Gasteiger partial charge in [0.25, 0.3) is 0 Å². The number of carbonyl (C=O) groups excluding carboxylic acids is 1. The molecule has 0 spiro atoms. The van der Waals surface area contributed by atoms with Crippen molar-refractivity contribution < 1.29 is 9.53 Å². The molecule has 0 radical (unpaired) electrons. The van der Waals surface area contributed by atoms with E-state index in [0.717, 1.165) is 6.54 Å². The Morgan fingerprint density at radius 1 is 1.47 bits per heavy atom. The van der Waals surface area contributed by atoms with Crippen LogP contribution in [0.25, 0.3) is 0 Å². The monoisotopic (exact) mass is 213 g/mol. The molecule has 0 aromatic carbocycles. The SMILES string of the molecule is CC1CCCN1C(C)C(=O)OC(C)(C)C. The summed E-state index contributed by atoms with van der Waals surface area (Å²) in [6, 6.07) is 0.397. The fourth-order valence-corrected chi connectivity index (χ4v) is 2.05. The Morgan fingerprint density at radius 3 is 2.47 bits per heavy atom. The van der Waals surface area contributed by atoms with Crippen LogP contribution in [0.4, 0.5) is 0 Å². The van der Waals surface area contributed by atoms with Crippen molar-refractivity contribution in [2.75, 3.05) is 6.54 Å². The van der Waals surface area contributed by atoms with Gasteiger partial charge >= 0.3 is 5.97 Å². The third-order valence-electron chi connectivity index (χ3n) is 2.85. The van der Waals surface area contributed by atoms with E-state index in [1.807, 2.05) is 27.7 Å². The highest BCUT2D eigenvalue weighted by Gasteiger charge is 2.31. The molecule has 2 atom stereocenters. The Morgan fingerprint density at radius 2 is 2.07 bits per heavy atom. The van der Waals surface area contributed by atoms with E-state index in [1.54, 1.807) is 0 Å². The lowest BCUT2D eigenvalue weighted by molar-refractivity contribution is -0.161. The normalized spacial score (nSPS) is 25.3. The first-order chi connectivity index (χ1) is 6.81. The third kappa shape index (κ3) is 3.49. The third-order valence-corrected chi connectivity index (χ3v) is 2.85. The van der Waals surface area contributed by atoms with Gasteiger partial charge in [-0.25, -0.2) is 0 Å². The Balaban J connectivity index is 2.52. The number of likely N-dealkylation sites (tertiary alicyclic amines) is 1. The van der Waals surface area contributed by atoms with E-state index in [2.05, 4.69) is 11.8 Å². The van der Waals surface area contributed by atoms with Gasteiger partial charge in [0.1, 0.15) is 11.6 Å². The summed E-state index contributed by atoms with van der Waals surface area (Å²) in [5.41, 5.74) is -0.381. The summed E-state index contributed by atoms with van der Waals surface area (Å²) in [5, 5.41) is 0. The number of hydrogen-bond donors (Lipinski definition) is 0. The molecule has 15 heavy (non-hydrogen) atoms. The van der Waals surface area contributed by atoms with Crippen LogP contribution in [0.15, 0.2) is 0 Å². The van der Waals surface area contributed by atoms with Gasteiger partial charge in [-0.2, -0.15) is 0 Å². The van der Waals surface area contributed by atoms with Gasteiger partial charge < -0.3 is 4.74 Å². The van der Waals surface area contributed by atoms with E-state index in [1.165, 1.54) is 12.8 Å². The van der Waals surface area contributed by atoms with E-state index >= 15 is 0 Å². The second-order valence-corrected chi connectivity index (χ2v) is 5.44. The molecule has 0 N–H and O–H groups in total. The minimum absolute atomic E-state index is 0.101. The lowest BCUT2D eigenvalue weighted by atomic mass is 10.2. The van der Waals surface area contributed by atoms with Gasteiger partial charge in [0.2, 0.25) is 0 Å². The first-order valence-corrected chi connectivity index (χ1v) is 5.80. The van der Waals surface area contributed by atoms with Crippen molar-refractivity contribution in [3.05, 3.63) is 0 Å². The van der Waals surface area contributed by atoms with E-state index in [9.17, 15) is 4.79 Å². The smallest absolute Gasteiger partial charge is 0.323 e. The summed E-state index contributed by atoms with van der Waals surface area (Å²) in [4.78, 5) is 14.1. The Labute approximate surface area is 92.8 Å². The second-order valence-electron chi connectivity index (χ2n) is 5.44. The summed E-state index contributed by atoms with van der Waals surface area (Å²) in [5.74, 6) is -0.101. The molecule has 3 nitrogen and oxygen atoms in total. The van der Waals surface area contributed by atoms with E-state index in [4.69, 9.17) is 4.74 Å². The zero-order valence-corrected chi connectivity index (χ0v) is 10.5. The van der Waals surface area contributed by atoms with E-state index in [0.29, 0.717) is 6.04 Å². The molecule has 1 saturated heterocycles. The van der Waals surface area contributed by atoms with Crippen molar-refractivity contribution in [2.45, 2.75) is 65.1 Å². The lowest BCUT2D eigenvalue weighted by Gasteiger charge is -2.29. The minimum atomic E-state index is -0.381. The van der Waals surface area contributed by atoms with Crippen LogP contribution in [0.5, 0.6) is 0 Å². The second kappa shape index (κ2) is 4.52. The van der Waals surface area contributed by atoms with Crippen LogP contribution in [0.2, 0.25) is 0 Å². The van der Waals surface area contributed by atoms with Crippen molar-refractivity contribution in [3.8, 4) is 0 Å². The van der Waals surface area contributed by atoms with Crippen LogP contribution in [-0.2, 0) is 9.53 Å². The fourth-order valence-electron chi connectivity index (χ4n) is 2.05. The molecule has 1 rings (SSSR count). The number of ether oxygens (including phenoxy) is 1. The average Bonchev–Trinajstić information content (AvgIpc) is 2.47. The number of hydrogen-bond acceptors (Lipinski definition) is 3. The number of nitrogens with zero attached hydrogens (tertiary/aromatic N) is 1. The minimum Gasteiger partial charge on any atom is -0.459 e. The summed E-state index contributed by atoms with van der Waals surface area (Å²) in [6.07, 6.45) is 2.38. The van der Waals surface area contributed by atoms with Crippen LogP contribution in [-0.4, -0.2) is 35.1 Å². The molecule has 0 aromatic heterocycles. The summed E-state index contributed by atoms with van der Waals surface area (Å²) in [6.45, 7) is 10.9. The molecule has 0 aliphatic carbocycles. The molecule has 2 unspecified atom stereocenters. The first kappa shape index (κ1) is 12.5. The molecule has 0 bridgehead atoms. The number of rotatable bonds is 2. The zero-order valence-electron chi connectivity index (χ0n) is 10.5. The summed E-state index contributed by atoms with van der Waals surface area (Å²) >= 11 is 0. The van der Waals surface area contributed by atoms with Gasteiger partial charge in [0.15, 0.2) is 0 Å². The van der Waals surface area contributed by atoms with Gasteiger partial charge in [0, 0.05) is 6.04 Å². The molecular weight excluding hydrogens is 190 g/mol. The van der Waals surface area contributed by atoms with Crippen molar-refractivity contribution in [1.29, 1.82) is 0 Å². The summed E-state index contributed by atoms with van der Waals surface area (Å²) < 4.78 is 5.38. The molecule has 1 fully saturated rings. The van der Waals surface area contributed by atoms with Gasteiger partial charge in [-0.1, -0.05) is 0 Å². The van der Waals surface area contributed by atoms with Crippen LogP contribution in [0.3, 0.4) is 0 Å². The molecule has 3 heteroatoms. The maximum Gasteiger partial charge on any atom is 0.323 e. The van der Waals surface area contributed by atoms with Gasteiger partial charge in [-0.3, -0.25) is 9.69 Å². The number of carbonyl (C=O) groups is 1. The quantitative estimate of drug-likeness (QED) is 0.659.